The van der Waals surface area contributed by atoms with Crippen LogP contribution in [0.15, 0.2) is 24.3 Å². The van der Waals surface area contributed by atoms with Crippen LogP contribution < -0.4 is 10.5 Å². The molecule has 1 aliphatic carbocycles. The molecule has 2 rings (SSSR count). The molecule has 5 nitrogen and oxygen atoms in total. The molecule has 0 radical (unpaired) electrons. The lowest BCUT2D eigenvalue weighted by molar-refractivity contribution is -0.274. The second-order valence-electron chi connectivity index (χ2n) is 7.19. The molecule has 1 aromatic carbocycles. The fraction of sp³-hybridized carbons (Fsp3) is 0.611. The van der Waals surface area contributed by atoms with Crippen LogP contribution in [-0.4, -0.2) is 42.5 Å². The molecule has 27 heavy (non-hydrogen) atoms. The van der Waals surface area contributed by atoms with Crippen LogP contribution in [0.1, 0.15) is 32.8 Å². The van der Waals surface area contributed by atoms with Gasteiger partial charge < -0.3 is 20.1 Å². The molecular formula is C18H26ClF3N2O3. The Morgan fingerprint density at radius 1 is 1.30 bits per heavy atom. The van der Waals surface area contributed by atoms with Crippen LogP contribution in [0.4, 0.5) is 13.2 Å². The van der Waals surface area contributed by atoms with Crippen LogP contribution in [0.2, 0.25) is 0 Å². The van der Waals surface area contributed by atoms with Gasteiger partial charge in [0.15, 0.2) is 0 Å². The predicted molar refractivity (Wildman–Crippen MR) is 97.6 cm³/mol. The monoisotopic (exact) mass is 410 g/mol. The minimum atomic E-state index is -4.73. The lowest BCUT2D eigenvalue weighted by Crippen LogP contribution is -2.75. The van der Waals surface area contributed by atoms with Crippen LogP contribution in [0.25, 0.3) is 0 Å². The zero-order chi connectivity index (χ0) is 19.8. The molecule has 0 aromatic heterocycles. The first-order chi connectivity index (χ1) is 11.9. The molecule has 0 spiro atoms. The third kappa shape index (κ3) is 4.86. The van der Waals surface area contributed by atoms with Gasteiger partial charge in [0.25, 0.3) is 0 Å². The number of benzene rings is 1. The summed E-state index contributed by atoms with van der Waals surface area (Å²) in [6, 6.07) is 5.42. The third-order valence-electron chi connectivity index (χ3n) is 5.13. The van der Waals surface area contributed by atoms with Crippen molar-refractivity contribution in [3.05, 3.63) is 29.8 Å². The highest BCUT2D eigenvalue weighted by molar-refractivity contribution is 5.88. The van der Waals surface area contributed by atoms with Gasteiger partial charge in [-0.05, 0) is 24.6 Å². The second-order valence-corrected chi connectivity index (χ2v) is 7.19. The summed E-state index contributed by atoms with van der Waals surface area (Å²) in [7, 11) is 1.63. The zero-order valence-electron chi connectivity index (χ0n) is 15.8. The molecule has 2 atom stereocenters. The maximum Gasteiger partial charge on any atom is 0.573 e. The van der Waals surface area contributed by atoms with Crippen molar-refractivity contribution in [3.8, 4) is 5.75 Å². The smallest absolute Gasteiger partial charge is 0.406 e. The number of carbonyl (C=O) groups is 1. The SMILES string of the molecule is CCOC1CC(N)(C(=O)N(C)Cc2ccc(OC(F)(F)F)cc2)C1(C)C.Cl. The van der Waals surface area contributed by atoms with E-state index in [2.05, 4.69) is 4.74 Å². The zero-order valence-corrected chi connectivity index (χ0v) is 16.6. The summed E-state index contributed by atoms with van der Waals surface area (Å²) in [5.74, 6) is -0.515. The summed E-state index contributed by atoms with van der Waals surface area (Å²) in [4.78, 5) is 14.3. The van der Waals surface area contributed by atoms with Crippen molar-refractivity contribution in [2.75, 3.05) is 13.7 Å². The second kappa shape index (κ2) is 8.24. The molecule has 1 fully saturated rings. The first-order valence-electron chi connectivity index (χ1n) is 8.41. The Balaban J connectivity index is 0.00000364. The molecule has 0 aliphatic heterocycles. The Morgan fingerprint density at radius 2 is 1.85 bits per heavy atom. The molecule has 9 heteroatoms. The van der Waals surface area contributed by atoms with Gasteiger partial charge >= 0.3 is 6.36 Å². The van der Waals surface area contributed by atoms with Gasteiger partial charge in [0.1, 0.15) is 11.3 Å². The molecule has 1 amide bonds. The number of ether oxygens (including phenoxy) is 2. The molecular weight excluding hydrogens is 385 g/mol. The summed E-state index contributed by atoms with van der Waals surface area (Å²) in [5, 5.41) is 0. The number of nitrogens with two attached hydrogens (primary N) is 1. The normalized spacial score (nSPS) is 23.8. The van der Waals surface area contributed by atoms with Gasteiger partial charge in [0.05, 0.1) is 6.10 Å². The van der Waals surface area contributed by atoms with E-state index in [1.54, 1.807) is 7.05 Å². The molecule has 0 heterocycles. The number of alkyl halides is 3. The average Bonchev–Trinajstić information content (AvgIpc) is 2.54. The molecule has 2 N–H and O–H groups in total. The quantitative estimate of drug-likeness (QED) is 0.779. The summed E-state index contributed by atoms with van der Waals surface area (Å²) in [5.41, 5.74) is 5.53. The fourth-order valence-electron chi connectivity index (χ4n) is 3.28. The Bertz CT molecular complexity index is 652. The van der Waals surface area contributed by atoms with E-state index in [0.717, 1.165) is 0 Å². The number of hydrogen-bond acceptors (Lipinski definition) is 4. The molecule has 0 bridgehead atoms. The summed E-state index contributed by atoms with van der Waals surface area (Å²) < 4.78 is 46.1. The van der Waals surface area contributed by atoms with Gasteiger partial charge in [-0.1, -0.05) is 26.0 Å². The van der Waals surface area contributed by atoms with Gasteiger partial charge in [0, 0.05) is 32.0 Å². The Morgan fingerprint density at radius 3 is 2.30 bits per heavy atom. The van der Waals surface area contributed by atoms with E-state index in [1.165, 1.54) is 29.2 Å². The first-order valence-corrected chi connectivity index (χ1v) is 8.41. The van der Waals surface area contributed by atoms with E-state index in [-0.39, 0.29) is 36.7 Å². The topological polar surface area (TPSA) is 64.8 Å². The summed E-state index contributed by atoms with van der Waals surface area (Å²) in [6.07, 6.45) is -4.36. The largest absolute Gasteiger partial charge is 0.573 e. The van der Waals surface area contributed by atoms with Crippen molar-refractivity contribution < 1.29 is 27.4 Å². The predicted octanol–water partition coefficient (Wildman–Crippen LogP) is 3.50. The lowest BCUT2D eigenvalue weighted by Gasteiger charge is -2.58. The van der Waals surface area contributed by atoms with E-state index >= 15 is 0 Å². The number of rotatable bonds is 6. The maximum absolute atomic E-state index is 12.8. The molecule has 1 saturated carbocycles. The molecule has 1 aromatic rings. The van der Waals surface area contributed by atoms with E-state index in [9.17, 15) is 18.0 Å². The average molecular weight is 411 g/mol. The van der Waals surface area contributed by atoms with Crippen LogP contribution >= 0.6 is 12.4 Å². The van der Waals surface area contributed by atoms with Crippen molar-refractivity contribution in [1.29, 1.82) is 0 Å². The Kier molecular flexibility index (Phi) is 7.18. The van der Waals surface area contributed by atoms with E-state index < -0.39 is 17.3 Å². The highest BCUT2D eigenvalue weighted by atomic mass is 35.5. The van der Waals surface area contributed by atoms with Crippen molar-refractivity contribution >= 4 is 18.3 Å². The molecule has 0 saturated heterocycles. The van der Waals surface area contributed by atoms with Crippen LogP contribution in [0, 0.1) is 5.41 Å². The molecule has 2 unspecified atom stereocenters. The lowest BCUT2D eigenvalue weighted by atomic mass is 9.54. The number of amides is 1. The fourth-order valence-corrected chi connectivity index (χ4v) is 3.28. The summed E-state index contributed by atoms with van der Waals surface area (Å²) in [6.45, 7) is 6.50. The van der Waals surface area contributed by atoms with Crippen LogP contribution in [-0.2, 0) is 16.1 Å². The molecule has 1 aliphatic rings. The Hall–Kier alpha value is -1.51. The number of nitrogens with zero attached hydrogens (tertiary/aromatic N) is 1. The standard InChI is InChI=1S/C18H25F3N2O3.ClH/c1-5-25-14-10-17(22,16(14,2)3)15(24)23(4)11-12-6-8-13(9-7-12)26-18(19,20)21;/h6-9,14H,5,10-11,22H2,1-4H3;1H. The highest BCUT2D eigenvalue weighted by Gasteiger charge is 2.63. The minimum Gasteiger partial charge on any atom is -0.406 e. The van der Waals surface area contributed by atoms with Crippen LogP contribution in [0.5, 0.6) is 5.75 Å². The Labute approximate surface area is 163 Å². The van der Waals surface area contributed by atoms with Crippen molar-refractivity contribution in [2.45, 2.75) is 51.7 Å². The van der Waals surface area contributed by atoms with E-state index in [0.29, 0.717) is 18.6 Å². The number of halogens is 4. The van der Waals surface area contributed by atoms with Gasteiger partial charge in [-0.2, -0.15) is 0 Å². The third-order valence-corrected chi connectivity index (χ3v) is 5.13. The molecule has 154 valence electrons. The van der Waals surface area contributed by atoms with Gasteiger partial charge in [0.2, 0.25) is 5.91 Å². The van der Waals surface area contributed by atoms with Crippen molar-refractivity contribution in [3.63, 3.8) is 0 Å². The van der Waals surface area contributed by atoms with Crippen molar-refractivity contribution in [2.24, 2.45) is 11.1 Å². The van der Waals surface area contributed by atoms with E-state index in [4.69, 9.17) is 10.5 Å². The van der Waals surface area contributed by atoms with Gasteiger partial charge in [-0.15, -0.1) is 25.6 Å². The minimum absolute atomic E-state index is 0. The number of likely N-dealkylation sites (N-methyl/N-ethyl adjacent to an activating group) is 1. The maximum atomic E-state index is 12.8. The first kappa shape index (κ1) is 23.5. The van der Waals surface area contributed by atoms with Gasteiger partial charge in [-0.25, -0.2) is 0 Å². The van der Waals surface area contributed by atoms with Crippen LogP contribution in [0.3, 0.4) is 0 Å². The number of hydrogen-bond donors (Lipinski definition) is 1. The number of carbonyl (C=O) groups excluding carboxylic acids is 1. The van der Waals surface area contributed by atoms with Gasteiger partial charge in [-0.3, -0.25) is 4.79 Å². The van der Waals surface area contributed by atoms with E-state index in [1.807, 2.05) is 20.8 Å². The van der Waals surface area contributed by atoms with Crippen molar-refractivity contribution in [1.82, 2.24) is 4.90 Å². The highest BCUT2D eigenvalue weighted by Crippen LogP contribution is 2.50. The summed E-state index contributed by atoms with van der Waals surface area (Å²) >= 11 is 0.